The minimum Gasteiger partial charge on any atom is -0.269 e. The molecular formula is C36H34N2O4. The molecule has 0 N–H and O–H groups in total. The second kappa shape index (κ2) is 10.5. The second-order valence-corrected chi connectivity index (χ2v) is 12.6. The Hall–Kier alpha value is -4.84. The van der Waals surface area contributed by atoms with Gasteiger partial charge in [-0.1, -0.05) is 84.0 Å². The highest BCUT2D eigenvalue weighted by Crippen LogP contribution is 2.33. The van der Waals surface area contributed by atoms with E-state index in [1.165, 1.54) is 17.1 Å². The van der Waals surface area contributed by atoms with Crippen LogP contribution in [0, 0.1) is 0 Å². The highest BCUT2D eigenvalue weighted by atomic mass is 16.2. The number of nitrogens with zero attached hydrogens (tertiary/aromatic N) is 2. The fourth-order valence-electron chi connectivity index (χ4n) is 5.03. The summed E-state index contributed by atoms with van der Waals surface area (Å²) in [7, 11) is 0. The summed E-state index contributed by atoms with van der Waals surface area (Å²) in [6.45, 7) is 12.6. The molecule has 42 heavy (non-hydrogen) atoms. The van der Waals surface area contributed by atoms with Crippen molar-refractivity contribution in [1.82, 2.24) is 0 Å². The molecule has 0 bridgehead atoms. The number of imide groups is 2. The monoisotopic (exact) mass is 558 g/mol. The van der Waals surface area contributed by atoms with Gasteiger partial charge in [0.1, 0.15) is 0 Å². The Kier molecular flexibility index (Phi) is 7.19. The molecule has 5 rings (SSSR count). The van der Waals surface area contributed by atoms with Crippen LogP contribution in [0.25, 0.3) is 5.57 Å². The number of allylic oxidation sites excluding steroid dienone is 4. The second-order valence-electron chi connectivity index (χ2n) is 12.6. The summed E-state index contributed by atoms with van der Waals surface area (Å²) < 4.78 is 0. The maximum absolute atomic E-state index is 13.4. The van der Waals surface area contributed by atoms with Crippen molar-refractivity contribution in [1.29, 1.82) is 0 Å². The van der Waals surface area contributed by atoms with Crippen LogP contribution in [0.3, 0.4) is 0 Å². The van der Waals surface area contributed by atoms with Gasteiger partial charge in [-0.15, -0.1) is 0 Å². The topological polar surface area (TPSA) is 74.8 Å². The number of carbonyl (C=O) groups is 4. The van der Waals surface area contributed by atoms with Crippen LogP contribution in [-0.2, 0) is 20.4 Å². The maximum Gasteiger partial charge on any atom is 0.266 e. The molecular weight excluding hydrogens is 524 g/mol. The zero-order chi connectivity index (χ0) is 30.4. The number of amides is 4. The predicted molar refractivity (Wildman–Crippen MR) is 167 cm³/mol. The molecule has 0 saturated heterocycles. The first kappa shape index (κ1) is 28.7. The molecule has 0 unspecified atom stereocenters. The Morgan fingerprint density at radius 3 is 1.57 bits per heavy atom. The van der Waals surface area contributed by atoms with Crippen molar-refractivity contribution in [3.8, 4) is 0 Å². The highest BCUT2D eigenvalue weighted by molar-refractivity contribution is 6.34. The predicted octanol–water partition coefficient (Wildman–Crippen LogP) is 7.15. The van der Waals surface area contributed by atoms with E-state index in [0.29, 0.717) is 33.6 Å². The minimum absolute atomic E-state index is 0.0541. The van der Waals surface area contributed by atoms with Crippen LogP contribution in [0.4, 0.5) is 11.4 Å². The van der Waals surface area contributed by atoms with Gasteiger partial charge in [-0.2, -0.15) is 0 Å². The van der Waals surface area contributed by atoms with E-state index >= 15 is 0 Å². The average Bonchev–Trinajstić information content (AvgIpc) is 3.22. The standard InChI is InChI=1S/C36H34N2O4/c1-35(2,3)25-12-16-27(17-13-25)37-31(39)9-7-8-23(11-21-32(37)40)24-10-20-29-30(22-24)34(42)38(33(29)41)28-18-14-26(15-19-28)36(4,5)6/h7-22H,1-6H3/b9-7+,21-11+,23-8+. The maximum atomic E-state index is 13.4. The zero-order valence-electron chi connectivity index (χ0n) is 24.8. The van der Waals surface area contributed by atoms with Crippen molar-refractivity contribution in [2.45, 2.75) is 52.4 Å². The number of anilines is 2. The van der Waals surface area contributed by atoms with E-state index in [-0.39, 0.29) is 16.7 Å². The van der Waals surface area contributed by atoms with E-state index in [0.717, 1.165) is 16.0 Å². The van der Waals surface area contributed by atoms with Crippen molar-refractivity contribution in [3.05, 3.63) is 125 Å². The smallest absolute Gasteiger partial charge is 0.266 e. The van der Waals surface area contributed by atoms with Gasteiger partial charge >= 0.3 is 0 Å². The molecule has 2 aliphatic rings. The van der Waals surface area contributed by atoms with E-state index in [1.54, 1.807) is 60.7 Å². The number of benzene rings is 3. The molecule has 0 radical (unpaired) electrons. The molecule has 4 amide bonds. The molecule has 0 aromatic heterocycles. The Labute approximate surface area is 246 Å². The van der Waals surface area contributed by atoms with Crippen molar-refractivity contribution in [2.75, 3.05) is 9.80 Å². The Bertz CT molecular complexity index is 1690. The summed E-state index contributed by atoms with van der Waals surface area (Å²) in [5.74, 6) is -1.73. The van der Waals surface area contributed by atoms with E-state index in [9.17, 15) is 19.2 Å². The molecule has 6 heteroatoms. The molecule has 0 fully saturated rings. The molecule has 0 atom stereocenters. The number of hydrogen-bond donors (Lipinski definition) is 0. The minimum atomic E-state index is -0.488. The lowest BCUT2D eigenvalue weighted by Crippen LogP contribution is -2.34. The van der Waals surface area contributed by atoms with Crippen LogP contribution in [-0.4, -0.2) is 23.6 Å². The van der Waals surface area contributed by atoms with Gasteiger partial charge in [0.25, 0.3) is 23.6 Å². The molecule has 0 aliphatic carbocycles. The van der Waals surface area contributed by atoms with Gasteiger partial charge < -0.3 is 0 Å². The first-order valence-electron chi connectivity index (χ1n) is 13.9. The van der Waals surface area contributed by atoms with Gasteiger partial charge in [-0.25, -0.2) is 9.80 Å². The van der Waals surface area contributed by atoms with Gasteiger partial charge in [0, 0.05) is 12.2 Å². The van der Waals surface area contributed by atoms with Gasteiger partial charge in [0.15, 0.2) is 0 Å². The third kappa shape index (κ3) is 5.40. The van der Waals surface area contributed by atoms with Crippen molar-refractivity contribution >= 4 is 40.6 Å². The van der Waals surface area contributed by atoms with E-state index < -0.39 is 17.7 Å². The quantitative estimate of drug-likeness (QED) is 0.320. The fourth-order valence-corrected chi connectivity index (χ4v) is 5.03. The number of carbonyl (C=O) groups excluding carboxylic acids is 4. The fraction of sp³-hybridized carbons (Fsp3) is 0.222. The van der Waals surface area contributed by atoms with E-state index in [4.69, 9.17) is 0 Å². The zero-order valence-corrected chi connectivity index (χ0v) is 24.8. The molecule has 3 aromatic rings. The van der Waals surface area contributed by atoms with Crippen LogP contribution < -0.4 is 9.80 Å². The van der Waals surface area contributed by atoms with Crippen LogP contribution in [0.15, 0.2) is 97.1 Å². The number of rotatable bonds is 3. The summed E-state index contributed by atoms with van der Waals surface area (Å²) in [5.41, 5.74) is 4.95. The molecule has 212 valence electrons. The van der Waals surface area contributed by atoms with E-state index in [2.05, 4.69) is 41.5 Å². The van der Waals surface area contributed by atoms with Gasteiger partial charge in [-0.05, 0) is 75.6 Å². The van der Waals surface area contributed by atoms with Crippen LogP contribution in [0.2, 0.25) is 0 Å². The summed E-state index contributed by atoms with van der Waals surface area (Å²) in [4.78, 5) is 55.2. The summed E-state index contributed by atoms with van der Waals surface area (Å²) in [5, 5.41) is 0. The number of hydrogen-bond acceptors (Lipinski definition) is 4. The van der Waals surface area contributed by atoms with Crippen molar-refractivity contribution < 1.29 is 19.2 Å². The van der Waals surface area contributed by atoms with E-state index in [1.807, 2.05) is 24.3 Å². The first-order chi connectivity index (χ1) is 19.8. The Morgan fingerprint density at radius 2 is 1.02 bits per heavy atom. The molecule has 0 spiro atoms. The normalized spacial score (nSPS) is 18.7. The van der Waals surface area contributed by atoms with Crippen LogP contribution >= 0.6 is 0 Å². The third-order valence-corrected chi connectivity index (χ3v) is 7.56. The largest absolute Gasteiger partial charge is 0.269 e. The molecule has 2 heterocycles. The van der Waals surface area contributed by atoms with Gasteiger partial charge in [0.05, 0.1) is 22.5 Å². The van der Waals surface area contributed by atoms with Crippen molar-refractivity contribution in [3.63, 3.8) is 0 Å². The Morgan fingerprint density at radius 1 is 0.524 bits per heavy atom. The first-order valence-corrected chi connectivity index (χ1v) is 13.9. The van der Waals surface area contributed by atoms with Crippen LogP contribution in [0.1, 0.15) is 78.9 Å². The average molecular weight is 559 g/mol. The highest BCUT2D eigenvalue weighted by Gasteiger charge is 2.37. The molecule has 3 aromatic carbocycles. The lowest BCUT2D eigenvalue weighted by atomic mass is 9.87. The number of fused-ring (bicyclic) bond motifs is 1. The van der Waals surface area contributed by atoms with Gasteiger partial charge in [0.2, 0.25) is 0 Å². The van der Waals surface area contributed by atoms with Crippen molar-refractivity contribution in [2.24, 2.45) is 0 Å². The summed E-state index contributed by atoms with van der Waals surface area (Å²) in [6.07, 6.45) is 7.60. The van der Waals surface area contributed by atoms with Crippen LogP contribution in [0.5, 0.6) is 0 Å². The summed E-state index contributed by atoms with van der Waals surface area (Å²) in [6, 6.07) is 19.9. The lowest BCUT2D eigenvalue weighted by Gasteiger charge is -2.22. The third-order valence-electron chi connectivity index (χ3n) is 7.56. The molecule has 0 saturated carbocycles. The lowest BCUT2D eigenvalue weighted by molar-refractivity contribution is -0.121. The molecule has 6 nitrogen and oxygen atoms in total. The SMILES string of the molecule is CC(C)(C)c1ccc(N2C(=O)/C=C/C=C(c3ccc4c(c3)C(=O)N(c3ccc(C(C)(C)C)cc3)C4=O)\C=C\C2=O)cc1. The Balaban J connectivity index is 1.42. The molecule has 2 aliphatic heterocycles. The summed E-state index contributed by atoms with van der Waals surface area (Å²) >= 11 is 0. The van der Waals surface area contributed by atoms with Gasteiger partial charge in [-0.3, -0.25) is 19.2 Å².